The minimum Gasteiger partial charge on any atom is -0.456 e. The second kappa shape index (κ2) is 15.8. The molecule has 300 valence electrons. The van der Waals surface area contributed by atoms with Crippen molar-refractivity contribution in [1.29, 1.82) is 0 Å². The molecule has 0 saturated carbocycles. The highest BCUT2D eigenvalue weighted by molar-refractivity contribution is 6.22. The number of hydrogen-bond donors (Lipinski definition) is 0. The zero-order valence-electron chi connectivity index (χ0n) is 35.0. The second-order valence-electron chi connectivity index (χ2n) is 16.4. The second-order valence-corrected chi connectivity index (χ2v) is 16.4. The molecular formula is C62H41NO. The van der Waals surface area contributed by atoms with Gasteiger partial charge in [-0.1, -0.05) is 200 Å². The van der Waals surface area contributed by atoms with Crippen molar-refractivity contribution in [2.45, 2.75) is 0 Å². The third-order valence-corrected chi connectivity index (χ3v) is 12.7. The topological polar surface area (TPSA) is 16.4 Å². The van der Waals surface area contributed by atoms with Crippen molar-refractivity contribution >= 4 is 60.5 Å². The fraction of sp³-hybridized carbons (Fsp3) is 0. The van der Waals surface area contributed by atoms with Gasteiger partial charge < -0.3 is 9.32 Å². The van der Waals surface area contributed by atoms with Crippen LogP contribution in [0, 0.1) is 0 Å². The van der Waals surface area contributed by atoms with Crippen LogP contribution in [0.5, 0.6) is 0 Å². The Morgan fingerprint density at radius 2 is 0.719 bits per heavy atom. The van der Waals surface area contributed by atoms with Gasteiger partial charge in [0, 0.05) is 27.8 Å². The monoisotopic (exact) mass is 815 g/mol. The highest BCUT2D eigenvalue weighted by atomic mass is 16.3. The molecule has 2 nitrogen and oxygen atoms in total. The van der Waals surface area contributed by atoms with Gasteiger partial charge in [-0.3, -0.25) is 0 Å². The summed E-state index contributed by atoms with van der Waals surface area (Å²) in [5.41, 5.74) is 16.8. The van der Waals surface area contributed by atoms with Gasteiger partial charge in [-0.2, -0.15) is 0 Å². The Morgan fingerprint density at radius 3 is 1.39 bits per heavy atom. The molecular weight excluding hydrogens is 775 g/mol. The fourth-order valence-corrected chi connectivity index (χ4v) is 9.78. The summed E-state index contributed by atoms with van der Waals surface area (Å²) in [6.45, 7) is 0. The van der Waals surface area contributed by atoms with Gasteiger partial charge in [-0.05, 0) is 126 Å². The van der Waals surface area contributed by atoms with E-state index in [1.807, 2.05) is 12.1 Å². The molecule has 1 aromatic heterocycles. The summed E-state index contributed by atoms with van der Waals surface area (Å²) < 4.78 is 6.31. The smallest absolute Gasteiger partial charge is 0.136 e. The summed E-state index contributed by atoms with van der Waals surface area (Å²) in [4.78, 5) is 2.42. The van der Waals surface area contributed by atoms with Gasteiger partial charge in [0.15, 0.2) is 0 Å². The van der Waals surface area contributed by atoms with E-state index in [4.69, 9.17) is 4.42 Å². The first-order valence-corrected chi connectivity index (χ1v) is 21.9. The third kappa shape index (κ3) is 6.44. The van der Waals surface area contributed by atoms with Crippen LogP contribution in [-0.2, 0) is 0 Å². The number of rotatable bonds is 8. The maximum Gasteiger partial charge on any atom is 0.136 e. The number of fused-ring (bicyclic) bond motifs is 6. The molecule has 0 saturated heterocycles. The van der Waals surface area contributed by atoms with Gasteiger partial charge >= 0.3 is 0 Å². The average Bonchev–Trinajstić information content (AvgIpc) is 3.76. The minimum atomic E-state index is 0.893. The number of benzene rings is 11. The standard InChI is InChI=1S/C62H41NO/c1-5-18-42(19-6-1)50-38-36-48(40-56(50)43-20-7-2-8-21-43)63(47-34-32-44(33-35-47)51-29-17-31-59-62(51)55-28-15-16-30-58(55)64-59)49-37-39-53-52-26-13-14-27-54(52)60(45-22-9-3-10-23-45)61(57(53)41-49)46-24-11-4-12-25-46/h1-41H. The first-order chi connectivity index (χ1) is 31.8. The maximum atomic E-state index is 6.31. The lowest BCUT2D eigenvalue weighted by Gasteiger charge is -2.28. The van der Waals surface area contributed by atoms with E-state index in [2.05, 4.69) is 241 Å². The van der Waals surface area contributed by atoms with Gasteiger partial charge in [0.25, 0.3) is 0 Å². The van der Waals surface area contributed by atoms with Crippen LogP contribution >= 0.6 is 0 Å². The number of hydrogen-bond acceptors (Lipinski definition) is 2. The Labute approximate surface area is 372 Å². The highest BCUT2D eigenvalue weighted by Crippen LogP contribution is 2.48. The molecule has 2 heteroatoms. The lowest BCUT2D eigenvalue weighted by Crippen LogP contribution is -2.10. The summed E-state index contributed by atoms with van der Waals surface area (Å²) in [6.07, 6.45) is 0. The van der Waals surface area contributed by atoms with E-state index in [1.165, 1.54) is 66.1 Å². The maximum absolute atomic E-state index is 6.31. The van der Waals surface area contributed by atoms with E-state index >= 15 is 0 Å². The molecule has 0 aliphatic carbocycles. The predicted molar refractivity (Wildman–Crippen MR) is 271 cm³/mol. The van der Waals surface area contributed by atoms with Crippen molar-refractivity contribution in [1.82, 2.24) is 0 Å². The van der Waals surface area contributed by atoms with Crippen LogP contribution < -0.4 is 4.90 Å². The van der Waals surface area contributed by atoms with Gasteiger partial charge in [0.2, 0.25) is 0 Å². The van der Waals surface area contributed by atoms with Crippen LogP contribution in [0.2, 0.25) is 0 Å². The molecule has 11 aromatic carbocycles. The van der Waals surface area contributed by atoms with Crippen molar-refractivity contribution in [3.8, 4) is 55.6 Å². The molecule has 0 spiro atoms. The third-order valence-electron chi connectivity index (χ3n) is 12.7. The molecule has 0 radical (unpaired) electrons. The van der Waals surface area contributed by atoms with E-state index in [-0.39, 0.29) is 0 Å². The Hall–Kier alpha value is -8.46. The van der Waals surface area contributed by atoms with Crippen LogP contribution in [-0.4, -0.2) is 0 Å². The van der Waals surface area contributed by atoms with Crippen LogP contribution in [0.15, 0.2) is 253 Å². The Balaban J connectivity index is 1.11. The molecule has 0 aliphatic heterocycles. The van der Waals surface area contributed by atoms with Crippen LogP contribution in [0.1, 0.15) is 0 Å². The molecule has 12 aromatic rings. The molecule has 12 rings (SSSR count). The van der Waals surface area contributed by atoms with E-state index in [0.29, 0.717) is 0 Å². The Morgan fingerprint density at radius 1 is 0.250 bits per heavy atom. The van der Waals surface area contributed by atoms with Gasteiger partial charge in [0.1, 0.15) is 11.2 Å². The van der Waals surface area contributed by atoms with Crippen molar-refractivity contribution < 1.29 is 4.42 Å². The largest absolute Gasteiger partial charge is 0.456 e. The van der Waals surface area contributed by atoms with Crippen molar-refractivity contribution in [2.75, 3.05) is 4.90 Å². The zero-order valence-corrected chi connectivity index (χ0v) is 35.0. The van der Waals surface area contributed by atoms with Crippen LogP contribution in [0.25, 0.3) is 99.1 Å². The SMILES string of the molecule is c1ccc(-c2ccc(N(c3ccc(-c4cccc5oc6ccccc6c45)cc3)c3ccc4c(c3)c(-c3ccccc3)c(-c3ccccc3)c3ccccc34)cc2-c2ccccc2)cc1. The van der Waals surface area contributed by atoms with Crippen LogP contribution in [0.4, 0.5) is 17.1 Å². The van der Waals surface area contributed by atoms with Crippen molar-refractivity contribution in [3.63, 3.8) is 0 Å². The summed E-state index contributed by atoms with van der Waals surface area (Å²) in [7, 11) is 0. The highest BCUT2D eigenvalue weighted by Gasteiger charge is 2.22. The normalized spacial score (nSPS) is 11.4. The Kier molecular flexibility index (Phi) is 9.20. The molecule has 0 amide bonds. The van der Waals surface area contributed by atoms with Crippen molar-refractivity contribution in [2.24, 2.45) is 0 Å². The van der Waals surface area contributed by atoms with E-state index in [9.17, 15) is 0 Å². The summed E-state index contributed by atoms with van der Waals surface area (Å²) in [5, 5.41) is 7.15. The molecule has 0 unspecified atom stereocenters. The fourth-order valence-electron chi connectivity index (χ4n) is 9.78. The molecule has 0 atom stereocenters. The number of anilines is 3. The molecule has 0 fully saturated rings. The molecule has 0 N–H and O–H groups in total. The lowest BCUT2D eigenvalue weighted by molar-refractivity contribution is 0.669. The zero-order chi connectivity index (χ0) is 42.4. The Bertz CT molecular complexity index is 3630. The van der Waals surface area contributed by atoms with E-state index in [1.54, 1.807) is 0 Å². The number of para-hydroxylation sites is 1. The summed E-state index contributed by atoms with van der Waals surface area (Å²) >= 11 is 0. The summed E-state index contributed by atoms with van der Waals surface area (Å²) in [5.74, 6) is 0. The first kappa shape index (κ1) is 37.3. The predicted octanol–water partition coefficient (Wildman–Crippen LogP) is 17.7. The lowest BCUT2D eigenvalue weighted by atomic mass is 9.85. The number of nitrogens with zero attached hydrogens (tertiary/aromatic N) is 1. The number of furan rings is 1. The minimum absolute atomic E-state index is 0.893. The van der Waals surface area contributed by atoms with E-state index in [0.717, 1.165) is 50.1 Å². The molecule has 0 aliphatic rings. The molecule has 64 heavy (non-hydrogen) atoms. The summed E-state index contributed by atoms with van der Waals surface area (Å²) in [6, 6.07) is 89.8. The van der Waals surface area contributed by atoms with Gasteiger partial charge in [-0.15, -0.1) is 0 Å². The first-order valence-electron chi connectivity index (χ1n) is 21.9. The van der Waals surface area contributed by atoms with Gasteiger partial charge in [-0.25, -0.2) is 0 Å². The van der Waals surface area contributed by atoms with Crippen LogP contribution in [0.3, 0.4) is 0 Å². The van der Waals surface area contributed by atoms with Crippen molar-refractivity contribution in [3.05, 3.63) is 249 Å². The molecule has 1 heterocycles. The quantitative estimate of drug-likeness (QED) is 0.142. The van der Waals surface area contributed by atoms with E-state index < -0.39 is 0 Å². The average molecular weight is 816 g/mol. The van der Waals surface area contributed by atoms with Gasteiger partial charge in [0.05, 0.1) is 0 Å². The molecule has 0 bridgehead atoms.